The molecule has 0 fully saturated rings. The van der Waals surface area contributed by atoms with E-state index in [1.165, 1.54) is 81.8 Å². The van der Waals surface area contributed by atoms with Gasteiger partial charge >= 0.3 is 0 Å². The number of nitrogens with zero attached hydrogens (tertiary/aromatic N) is 8. The Kier molecular flexibility index (Phi) is 11.4. The van der Waals surface area contributed by atoms with E-state index in [9.17, 15) is 10.5 Å². The van der Waals surface area contributed by atoms with Crippen LogP contribution in [0.3, 0.4) is 0 Å². The Bertz CT molecular complexity index is 8520. The first kappa shape index (κ1) is 62.7. The molecule has 0 unspecified atom stereocenters. The summed E-state index contributed by atoms with van der Waals surface area (Å²) in [5.74, 6) is 12.5. The van der Waals surface area contributed by atoms with E-state index in [1.807, 2.05) is 84.9 Å². The van der Waals surface area contributed by atoms with Gasteiger partial charge in [-0.15, -0.1) is 0 Å². The fraction of sp³-hybridized carbons (Fsp3) is 0. The van der Waals surface area contributed by atoms with E-state index in [-0.39, 0.29) is 26.9 Å². The molecule has 16 heterocycles. The molecule has 0 N–H and O–H groups in total. The minimum Gasteiger partial charge on any atom is -0.469 e. The Morgan fingerprint density at radius 3 is 1.01 bits per heavy atom. The van der Waals surface area contributed by atoms with Crippen molar-refractivity contribution < 1.29 is 37.9 Å². The van der Waals surface area contributed by atoms with Crippen LogP contribution < -0.4 is 103 Å². The molecule has 4 aromatic heterocycles. The van der Waals surface area contributed by atoms with Crippen LogP contribution in [0.2, 0.25) is 0 Å². The van der Waals surface area contributed by atoms with Crippen LogP contribution in [-0.4, -0.2) is 45.1 Å². The lowest BCUT2D eigenvalue weighted by Gasteiger charge is -2.37. The molecule has 0 amide bonds. The third-order valence-corrected chi connectivity index (χ3v) is 26.7. The predicted octanol–water partition coefficient (Wildman–Crippen LogP) is 16.1. The van der Waals surface area contributed by atoms with Crippen LogP contribution in [0, 0.1) is 35.8 Å². The lowest BCUT2D eigenvalue weighted by Crippen LogP contribution is -2.60. The van der Waals surface area contributed by atoms with Crippen LogP contribution in [-0.2, 0) is 0 Å². The van der Waals surface area contributed by atoms with Crippen molar-refractivity contribution in [2.45, 2.75) is 0 Å². The van der Waals surface area contributed by atoms with Gasteiger partial charge in [0.1, 0.15) is 98.1 Å². The lowest BCUT2D eigenvalue weighted by atomic mass is 9.33. The van der Waals surface area contributed by atoms with E-state index in [0.717, 1.165) is 157 Å². The minimum atomic E-state index is -0.00693. The molecule has 0 radical (unpaired) electrons. The van der Waals surface area contributed by atoms with Crippen molar-refractivity contribution in [3.05, 3.63) is 301 Å². The van der Waals surface area contributed by atoms with Gasteiger partial charge in [-0.25, -0.2) is 9.69 Å². The average Bonchev–Trinajstić information content (AvgIpc) is 1.40. The van der Waals surface area contributed by atoms with Gasteiger partial charge in [-0.05, 0) is 213 Å². The zero-order chi connectivity index (χ0) is 78.2. The summed E-state index contributed by atoms with van der Waals surface area (Å²) in [6.45, 7) is 15.5. The van der Waals surface area contributed by atoms with Crippen molar-refractivity contribution in [2.75, 3.05) is 0 Å². The SMILES string of the molecule is N#Cc1cc2c3c(c1)Oc1ccc4c5ccccc5n5c4c1B3c1c(cccc1-5)O2.N#Cc1ccc2c3c1Oc1cccc4c1B3c1c(ccc3c5ccccc5n-4c13)O2.[C-]#[N+]c1cc2c3ccccc3n3c2c2c1Oc1cccc4c1B2c1c(cccc1-3)O4.[C-]#[N+]c1ccc2c3c1Oc1ccc4c5ccccc5n5c4c1B3c1c(cccc1-5)O2. The van der Waals surface area contributed by atoms with E-state index in [1.54, 1.807) is 12.1 Å². The van der Waals surface area contributed by atoms with Gasteiger partial charge in [-0.1, -0.05) is 103 Å². The summed E-state index contributed by atoms with van der Waals surface area (Å²) in [5, 5.41) is 28.8. The third-order valence-electron chi connectivity index (χ3n) is 26.7. The van der Waals surface area contributed by atoms with Crippen LogP contribution in [0.4, 0.5) is 11.4 Å². The van der Waals surface area contributed by atoms with Crippen LogP contribution >= 0.6 is 0 Å². The van der Waals surface area contributed by atoms with Gasteiger partial charge in [0.25, 0.3) is 26.9 Å². The van der Waals surface area contributed by atoms with Crippen molar-refractivity contribution >= 4 is 191 Å². The Balaban J connectivity index is 0.0000000811. The molecule has 16 nitrogen and oxygen atoms in total. The van der Waals surface area contributed by atoms with Crippen LogP contribution in [0.5, 0.6) is 92.0 Å². The van der Waals surface area contributed by atoms with Crippen LogP contribution in [0.25, 0.3) is 120 Å². The fourth-order valence-electron chi connectivity index (χ4n) is 22.3. The maximum absolute atomic E-state index is 9.71. The zero-order valence-corrected chi connectivity index (χ0v) is 62.6. The molecule has 20 heteroatoms. The molecule has 0 saturated heterocycles. The van der Waals surface area contributed by atoms with E-state index in [2.05, 4.69) is 210 Å². The number of rotatable bonds is 0. The highest BCUT2D eigenvalue weighted by Gasteiger charge is 2.52. The maximum atomic E-state index is 9.71. The van der Waals surface area contributed by atoms with Gasteiger partial charge in [0.2, 0.25) is 11.4 Å². The zero-order valence-electron chi connectivity index (χ0n) is 62.6. The topological polar surface area (TPSA) is 150 Å². The molecule has 0 aliphatic carbocycles. The predicted molar refractivity (Wildman–Crippen MR) is 470 cm³/mol. The fourth-order valence-corrected chi connectivity index (χ4v) is 22.3. The molecule has 20 aromatic rings. The number of para-hydroxylation sites is 4. The molecule has 0 spiro atoms. The second kappa shape index (κ2) is 21.8. The van der Waals surface area contributed by atoms with Crippen molar-refractivity contribution in [3.63, 3.8) is 0 Å². The molecule has 0 saturated carbocycles. The molecule has 32 rings (SSSR count). The van der Waals surface area contributed by atoms with Gasteiger partial charge in [-0.3, -0.25) is 0 Å². The average molecular weight is 1530 g/mol. The molecular formula is C100H44B4N8O8. The standard InChI is InChI=1S/4C25H11BN2O2/c1-27-15-12-14-13-6-2-3-7-16(13)28-17-8-4-9-18-21(17)26-22-19(29-18)10-5-11-20(22)30-25(15)23(26)24(14)28;1-27-15-10-12-20-23-25(15)30-19-11-9-14-13-5-2-3-6-16(13)28-17-7-4-8-18(29-20)21(17)26(23)22(19)24(14)28;27-12-13-8-10-20-23-25(13)30-18-7-3-6-17-21(18)26(23)22-19(29-20)11-9-15-14-4-1-2-5-16(14)28(17)24(15)22;27-12-13-10-20-23-21(11-13)30-19-9-8-15-14-4-1-2-5-16(14)28-17-6-3-7-18(29-20)22(17)26(23)24(19)25(15)28/h2*2-12H;2*1-11H. The quantitative estimate of drug-likeness (QED) is 0.106. The normalized spacial score (nSPS) is 13.8. The maximum Gasteiger partial charge on any atom is 0.266 e. The highest BCUT2D eigenvalue weighted by atomic mass is 16.5. The molecular weight excluding hydrogens is 1480 g/mol. The summed E-state index contributed by atoms with van der Waals surface area (Å²) in [5.41, 5.74) is 29.3. The smallest absolute Gasteiger partial charge is 0.266 e. The molecule has 12 aliphatic heterocycles. The Labute approximate surface area is 681 Å². The Morgan fingerprint density at radius 1 is 0.242 bits per heavy atom. The summed E-state index contributed by atoms with van der Waals surface area (Å²) in [7, 11) is 0. The van der Waals surface area contributed by atoms with E-state index in [4.69, 9.17) is 51.0 Å². The minimum absolute atomic E-state index is 0.000845. The molecule has 12 aliphatic rings. The van der Waals surface area contributed by atoms with Crippen molar-refractivity contribution in [1.29, 1.82) is 10.5 Å². The largest absolute Gasteiger partial charge is 0.469 e. The van der Waals surface area contributed by atoms with Gasteiger partial charge < -0.3 is 56.2 Å². The number of fused-ring (bicyclic) bond motifs is 16. The van der Waals surface area contributed by atoms with Gasteiger partial charge in [0, 0.05) is 82.3 Å². The number of aromatic nitrogens is 4. The number of nitriles is 2. The highest BCUT2D eigenvalue weighted by Crippen LogP contribution is 2.52. The number of benzene rings is 16. The molecule has 16 aromatic carbocycles. The summed E-state index contributed by atoms with van der Waals surface area (Å²) in [4.78, 5) is 7.58. The van der Waals surface area contributed by atoms with Gasteiger partial charge in [-0.2, -0.15) is 10.5 Å². The van der Waals surface area contributed by atoms with E-state index >= 15 is 0 Å². The lowest BCUT2D eigenvalue weighted by molar-refractivity contribution is 0.463. The molecule has 120 heavy (non-hydrogen) atoms. The Morgan fingerprint density at radius 2 is 0.558 bits per heavy atom. The molecule has 544 valence electrons. The summed E-state index contributed by atoms with van der Waals surface area (Å²) in [6.07, 6.45) is 0. The van der Waals surface area contributed by atoms with Crippen LogP contribution in [0.15, 0.2) is 267 Å². The monoisotopic (exact) mass is 1530 g/mol. The molecule has 0 atom stereocenters. The number of hydrogen-bond acceptors (Lipinski definition) is 10. The first-order chi connectivity index (χ1) is 59.4. The summed E-state index contributed by atoms with van der Waals surface area (Å²) >= 11 is 0. The van der Waals surface area contributed by atoms with Crippen molar-refractivity contribution in [3.8, 4) is 127 Å². The first-order valence-corrected chi connectivity index (χ1v) is 39.8. The summed E-state index contributed by atoms with van der Waals surface area (Å²) in [6, 6.07) is 95.1. The molecule has 0 bridgehead atoms. The second-order valence-electron chi connectivity index (χ2n) is 32.1. The van der Waals surface area contributed by atoms with Crippen molar-refractivity contribution in [2.24, 2.45) is 0 Å². The van der Waals surface area contributed by atoms with Crippen molar-refractivity contribution in [1.82, 2.24) is 18.3 Å². The van der Waals surface area contributed by atoms with E-state index < -0.39 is 0 Å². The summed E-state index contributed by atoms with van der Waals surface area (Å²) < 4.78 is 60.2. The van der Waals surface area contributed by atoms with Gasteiger partial charge in [0.15, 0.2) is 0 Å². The van der Waals surface area contributed by atoms with Gasteiger partial charge in [0.05, 0.1) is 74.5 Å². The third kappa shape index (κ3) is 7.44. The van der Waals surface area contributed by atoms with E-state index in [0.29, 0.717) is 51.2 Å². The number of hydrogen-bond donors (Lipinski definition) is 0. The Hall–Kier alpha value is -16.7. The van der Waals surface area contributed by atoms with Crippen LogP contribution in [0.1, 0.15) is 11.1 Å². The highest BCUT2D eigenvalue weighted by molar-refractivity contribution is 7.03. The second-order valence-corrected chi connectivity index (χ2v) is 32.1. The first-order valence-electron chi connectivity index (χ1n) is 39.8. The number of ether oxygens (including phenoxy) is 8.